The maximum absolute atomic E-state index is 13.6. The summed E-state index contributed by atoms with van der Waals surface area (Å²) in [4.78, 5) is 86.7. The molecule has 0 aliphatic heterocycles. The summed E-state index contributed by atoms with van der Waals surface area (Å²) in [6.07, 6.45) is 3.93. The minimum absolute atomic E-state index is 0.0239. The Morgan fingerprint density at radius 3 is 1.54 bits per heavy atom. The summed E-state index contributed by atoms with van der Waals surface area (Å²) in [6.45, 7) is 29.1. The molecule has 3 amide bonds. The molecule has 6 aliphatic carbocycles. The molecule has 8 atom stereocenters. The third-order valence-electron chi connectivity index (χ3n) is 19.4. The van der Waals surface area contributed by atoms with Gasteiger partial charge in [0.05, 0.1) is 38.0 Å². The van der Waals surface area contributed by atoms with Gasteiger partial charge in [-0.2, -0.15) is 0 Å². The number of anilines is 2. The molecule has 0 saturated heterocycles. The Hall–Kier alpha value is -5.56. The quantitative estimate of drug-likeness (QED) is 0.0819. The Morgan fingerprint density at radius 1 is 0.627 bits per heavy atom. The number of carbonyl (C=O) groups is 6. The van der Waals surface area contributed by atoms with E-state index < -0.39 is 69.2 Å². The molecule has 5 saturated carbocycles. The molecular weight excluding hydrogens is 1160 g/mol. The van der Waals surface area contributed by atoms with Gasteiger partial charge >= 0.3 is 12.2 Å². The van der Waals surface area contributed by atoms with Crippen molar-refractivity contribution in [3.8, 4) is 5.69 Å². The lowest BCUT2D eigenvalue weighted by atomic mass is 9.70. The zero-order valence-electron chi connectivity index (χ0n) is 49.5. The predicted molar refractivity (Wildman–Crippen MR) is 314 cm³/mol. The van der Waals surface area contributed by atoms with E-state index in [4.69, 9.17) is 55.9 Å². The second-order valence-electron chi connectivity index (χ2n) is 26.9. The summed E-state index contributed by atoms with van der Waals surface area (Å²) in [7, 11) is 0. The van der Waals surface area contributed by atoms with Gasteiger partial charge in [0.1, 0.15) is 34.6 Å². The first kappa shape index (κ1) is 65.0. The number of aromatic nitrogens is 2. The number of Topliss-reactive ketones (excluding diaryl/α,β-unsaturated/α-hetero) is 2. The molecule has 22 heteroatoms. The topological polar surface area (TPSA) is 198 Å². The van der Waals surface area contributed by atoms with E-state index in [2.05, 4.69) is 56.0 Å². The molecule has 4 N–H and O–H groups in total. The number of hydrazine groups is 2. The monoisotopic (exact) mass is 1230 g/mol. The molecule has 0 spiro atoms. The highest BCUT2D eigenvalue weighted by Crippen LogP contribution is 2.68. The van der Waals surface area contributed by atoms with Crippen LogP contribution in [0.2, 0.25) is 15.1 Å². The van der Waals surface area contributed by atoms with E-state index in [1.54, 1.807) is 47.6 Å². The zero-order chi connectivity index (χ0) is 62.3. The van der Waals surface area contributed by atoms with Crippen LogP contribution >= 0.6 is 46.4 Å². The van der Waals surface area contributed by atoms with E-state index in [9.17, 15) is 46.7 Å². The van der Waals surface area contributed by atoms with E-state index in [0.29, 0.717) is 11.4 Å². The Kier molecular flexibility index (Phi) is 17.8. The fraction of sp³-hybridized carbons (Fsp3) is 0.557. The van der Waals surface area contributed by atoms with Crippen LogP contribution in [0.25, 0.3) is 5.69 Å². The molecule has 0 radical (unpaired) electrons. The van der Waals surface area contributed by atoms with Gasteiger partial charge in [-0.1, -0.05) is 97.1 Å². The van der Waals surface area contributed by atoms with Gasteiger partial charge in [0, 0.05) is 27.5 Å². The third kappa shape index (κ3) is 11.8. The highest BCUT2D eigenvalue weighted by atomic mass is 35.5. The number of hydrogen-bond donors (Lipinski definition) is 4. The molecule has 1 aromatic heterocycles. The lowest BCUT2D eigenvalue weighted by Crippen LogP contribution is -2.53. The Morgan fingerprint density at radius 2 is 1.10 bits per heavy atom. The largest absolute Gasteiger partial charge is 0.443 e. The number of amides is 3. The number of aromatic amines is 1. The van der Waals surface area contributed by atoms with Gasteiger partial charge in [-0.05, 0) is 180 Å². The minimum Gasteiger partial charge on any atom is -0.443 e. The lowest BCUT2D eigenvalue weighted by Gasteiger charge is -2.34. The first-order chi connectivity index (χ1) is 38.1. The van der Waals surface area contributed by atoms with Crippen molar-refractivity contribution in [2.75, 3.05) is 10.4 Å². The fourth-order valence-corrected chi connectivity index (χ4v) is 14.6. The average molecular weight is 1240 g/mol. The number of halogens is 7. The SMILES string of the molecule is CC(C)(C)OC(=O)NN(C(=O)C1C(=O)[C@@]2(C)CC[C@@H]1C2(C)C)c1ccc(F)cc1Cl.CC(C)(C)OC(=O)NNc1ccc(F)cc1Cl.CC1(C)[C@H]2CC[C@]1(C)C(=O)C2C(=O)Cl.CC1(C)[C@H]2CC[C@]1(C)c1[nH]n(-c3ccc(F)cc3Cl)c(=O)c12. The van der Waals surface area contributed by atoms with E-state index >= 15 is 0 Å². The Bertz CT molecular complexity index is 3330. The molecule has 452 valence electrons. The fourth-order valence-electron chi connectivity index (χ4n) is 13.6. The Labute approximate surface area is 502 Å². The molecule has 10 rings (SSSR count). The predicted octanol–water partition coefficient (Wildman–Crippen LogP) is 14.8. The van der Waals surface area contributed by atoms with Gasteiger partial charge in [-0.25, -0.2) is 43.3 Å². The summed E-state index contributed by atoms with van der Waals surface area (Å²) in [5, 5.41) is 4.06. The molecule has 83 heavy (non-hydrogen) atoms. The van der Waals surface area contributed by atoms with Crippen molar-refractivity contribution >= 4 is 92.7 Å². The number of nitrogens with zero attached hydrogens (tertiary/aromatic N) is 2. The second kappa shape index (κ2) is 22.7. The smallest absolute Gasteiger partial charge is 0.427 e. The van der Waals surface area contributed by atoms with Crippen LogP contribution in [-0.4, -0.2) is 55.9 Å². The number of H-pyrrole nitrogens is 1. The lowest BCUT2D eigenvalue weighted by molar-refractivity contribution is -0.138. The molecule has 6 bridgehead atoms. The number of hydrogen-bond acceptors (Lipinski definition) is 10. The molecule has 6 aliphatic rings. The van der Waals surface area contributed by atoms with Crippen molar-refractivity contribution in [2.24, 2.45) is 50.7 Å². The number of fused-ring (bicyclic) bond motifs is 9. The molecular formula is C61H75Cl4F3N6O9. The third-order valence-corrected chi connectivity index (χ3v) is 20.5. The summed E-state index contributed by atoms with van der Waals surface area (Å²) in [5.74, 6) is -3.29. The van der Waals surface area contributed by atoms with Crippen LogP contribution in [0.1, 0.15) is 160 Å². The van der Waals surface area contributed by atoms with Crippen LogP contribution < -0.4 is 26.8 Å². The second-order valence-corrected chi connectivity index (χ2v) is 28.5. The summed E-state index contributed by atoms with van der Waals surface area (Å²) in [6, 6.07) is 11.3. The van der Waals surface area contributed by atoms with Crippen LogP contribution in [0.5, 0.6) is 0 Å². The van der Waals surface area contributed by atoms with Crippen molar-refractivity contribution in [1.82, 2.24) is 20.6 Å². The van der Waals surface area contributed by atoms with Gasteiger partial charge < -0.3 is 9.47 Å². The van der Waals surface area contributed by atoms with Crippen molar-refractivity contribution in [1.29, 1.82) is 0 Å². The highest BCUT2D eigenvalue weighted by molar-refractivity contribution is 6.65. The maximum Gasteiger partial charge on any atom is 0.427 e. The van der Waals surface area contributed by atoms with E-state index in [1.165, 1.54) is 35.0 Å². The van der Waals surface area contributed by atoms with Crippen LogP contribution in [0.4, 0.5) is 34.1 Å². The van der Waals surface area contributed by atoms with Gasteiger partial charge in [-0.15, -0.1) is 0 Å². The Balaban J connectivity index is 0.000000166. The van der Waals surface area contributed by atoms with Crippen LogP contribution in [-0.2, 0) is 34.1 Å². The molecule has 3 aromatic carbocycles. The maximum atomic E-state index is 13.6. The average Bonchev–Trinajstić information content (AvgIpc) is 1.59. The normalized spacial score (nSPS) is 27.0. The van der Waals surface area contributed by atoms with E-state index in [1.807, 2.05) is 27.7 Å². The first-order valence-electron chi connectivity index (χ1n) is 27.6. The first-order valence-corrected chi connectivity index (χ1v) is 29.1. The van der Waals surface area contributed by atoms with E-state index in [-0.39, 0.29) is 82.7 Å². The number of carbonyl (C=O) groups excluding carboxylic acids is 6. The number of ether oxygens (including phenoxy) is 2. The van der Waals surface area contributed by atoms with Crippen LogP contribution in [0.15, 0.2) is 59.4 Å². The molecule has 1 heterocycles. The van der Waals surface area contributed by atoms with Crippen LogP contribution in [0.3, 0.4) is 0 Å². The van der Waals surface area contributed by atoms with Crippen molar-refractivity contribution in [2.45, 2.75) is 165 Å². The summed E-state index contributed by atoms with van der Waals surface area (Å²) in [5.41, 5.74) is 7.39. The summed E-state index contributed by atoms with van der Waals surface area (Å²) >= 11 is 23.6. The van der Waals surface area contributed by atoms with Crippen molar-refractivity contribution in [3.05, 3.63) is 109 Å². The number of rotatable bonds is 6. The van der Waals surface area contributed by atoms with Gasteiger partial charge in [0.15, 0.2) is 11.6 Å². The van der Waals surface area contributed by atoms with Crippen LogP contribution in [0, 0.1) is 68.2 Å². The molecule has 15 nitrogen and oxygen atoms in total. The number of nitrogens with one attached hydrogen (secondary N) is 4. The van der Waals surface area contributed by atoms with Gasteiger partial charge in [-0.3, -0.25) is 34.5 Å². The van der Waals surface area contributed by atoms with Crippen molar-refractivity contribution in [3.63, 3.8) is 0 Å². The van der Waals surface area contributed by atoms with Crippen molar-refractivity contribution < 1.29 is 51.4 Å². The molecule has 4 aromatic rings. The van der Waals surface area contributed by atoms with Gasteiger partial charge in [0.2, 0.25) is 5.24 Å². The number of ketones is 2. The molecule has 2 unspecified atom stereocenters. The molecule has 5 fully saturated rings. The van der Waals surface area contributed by atoms with E-state index in [0.717, 1.165) is 73.0 Å². The summed E-state index contributed by atoms with van der Waals surface area (Å²) < 4.78 is 51.3. The van der Waals surface area contributed by atoms with Gasteiger partial charge in [0.25, 0.3) is 11.5 Å². The minimum atomic E-state index is -0.921. The zero-order valence-corrected chi connectivity index (χ0v) is 52.6. The number of benzene rings is 3. The standard InChI is InChI=1S/C22H28ClFN2O4.C17H18ClFN2O.C11H14ClFN2O2.C11H15ClO2/c1-20(2,3)30-19(29)25-26(15-8-7-12(24)11-14(15)23)18(28)16-13-9-10-22(6,17(16)27)21(13,4)5;1-16(2)10-6-7-17(16,3)14-13(10)15(22)21(20-14)12-5-4-9(19)8-11(12)18;1-11(2,3)17-10(16)15-14-9-5-4-7(13)6-8(9)12;1-10(2)6-4-5-11(10,3)8(13)7(6)9(12)14/h7-8,11,13,16H,9-10H2,1-6H3,(H,25,29);4-5,8,10,20H,6-7H2,1-3H3;4-6,14H,1-3H3,(H,15,16);6-7H,4-5H2,1-3H3/t13-,16?,22+;10-,17+;;6-,7?,11+/m00.0/s1. The highest BCUT2D eigenvalue weighted by Gasteiger charge is 2.69.